The fourth-order valence-electron chi connectivity index (χ4n) is 2.29. The van der Waals surface area contributed by atoms with Gasteiger partial charge in [0, 0.05) is 23.6 Å². The molecule has 0 bridgehead atoms. The van der Waals surface area contributed by atoms with E-state index in [-0.39, 0.29) is 5.91 Å². The molecule has 3 aromatic rings. The summed E-state index contributed by atoms with van der Waals surface area (Å²) >= 11 is 1.37. The van der Waals surface area contributed by atoms with Crippen molar-refractivity contribution < 1.29 is 13.9 Å². The maximum atomic E-state index is 12.0. The Bertz CT molecular complexity index is 901. The van der Waals surface area contributed by atoms with Crippen molar-refractivity contribution in [3.8, 4) is 17.0 Å². The first-order valence-electron chi connectivity index (χ1n) is 8.47. The Kier molecular flexibility index (Phi) is 6.40. The molecule has 3 rings (SSSR count). The van der Waals surface area contributed by atoms with E-state index in [1.807, 2.05) is 43.7 Å². The topological polar surface area (TPSA) is 67.6 Å². The van der Waals surface area contributed by atoms with Crippen LogP contribution in [0.3, 0.4) is 0 Å². The Hall–Kier alpha value is -2.90. The second-order valence-corrected chi connectivity index (χ2v) is 6.88. The number of hydrogen-bond donors (Lipinski definition) is 1. The monoisotopic (exact) mass is 383 g/mol. The lowest BCUT2D eigenvalue weighted by Crippen LogP contribution is -2.19. The molecule has 0 atom stereocenters. The third-order valence-electron chi connectivity index (χ3n) is 3.64. The van der Waals surface area contributed by atoms with E-state index in [1.54, 1.807) is 24.5 Å². The summed E-state index contributed by atoms with van der Waals surface area (Å²) in [6.07, 6.45) is 4.58. The molecule has 1 aromatic carbocycles. The second-order valence-electron chi connectivity index (χ2n) is 6.02. The van der Waals surface area contributed by atoms with E-state index in [4.69, 9.17) is 9.15 Å². The predicted molar refractivity (Wildman–Crippen MR) is 108 cm³/mol. The molecular weight excluding hydrogens is 362 g/mol. The molecule has 0 aliphatic carbocycles. The van der Waals surface area contributed by atoms with Gasteiger partial charge in [-0.3, -0.25) is 10.1 Å². The van der Waals surface area contributed by atoms with Crippen LogP contribution in [-0.4, -0.2) is 43.0 Å². The number of amides is 1. The van der Waals surface area contributed by atoms with Gasteiger partial charge in [0.25, 0.3) is 0 Å². The molecule has 0 aliphatic rings. The Morgan fingerprint density at radius 2 is 2.15 bits per heavy atom. The molecule has 7 heteroatoms. The lowest BCUT2D eigenvalue weighted by Gasteiger charge is -2.13. The van der Waals surface area contributed by atoms with Crippen LogP contribution < -0.4 is 10.1 Å². The lowest BCUT2D eigenvalue weighted by molar-refractivity contribution is -0.111. The van der Waals surface area contributed by atoms with Crippen LogP contribution in [0.25, 0.3) is 17.3 Å². The molecule has 2 aromatic heterocycles. The molecule has 6 nitrogen and oxygen atoms in total. The minimum atomic E-state index is -0.261. The Labute approximate surface area is 162 Å². The molecular formula is C20H21N3O3S. The van der Waals surface area contributed by atoms with Crippen molar-refractivity contribution in [1.29, 1.82) is 0 Å². The number of benzene rings is 1. The number of nitrogens with one attached hydrogen (secondary N) is 1. The first-order chi connectivity index (χ1) is 13.1. The molecule has 0 spiro atoms. The molecule has 0 saturated heterocycles. The molecule has 1 N–H and O–H groups in total. The van der Waals surface area contributed by atoms with E-state index < -0.39 is 0 Å². The van der Waals surface area contributed by atoms with Crippen molar-refractivity contribution in [2.75, 3.05) is 32.6 Å². The van der Waals surface area contributed by atoms with Crippen molar-refractivity contribution in [3.63, 3.8) is 0 Å². The van der Waals surface area contributed by atoms with E-state index in [1.165, 1.54) is 17.4 Å². The normalized spacial score (nSPS) is 11.2. The number of para-hydroxylation sites is 1. The van der Waals surface area contributed by atoms with Gasteiger partial charge >= 0.3 is 0 Å². The van der Waals surface area contributed by atoms with Crippen molar-refractivity contribution in [2.24, 2.45) is 0 Å². The summed E-state index contributed by atoms with van der Waals surface area (Å²) in [7, 11) is 4.01. The first-order valence-corrected chi connectivity index (χ1v) is 9.35. The maximum absolute atomic E-state index is 12.0. The number of likely N-dealkylation sites (N-methyl/N-ethyl adjacent to an activating group) is 1. The predicted octanol–water partition coefficient (Wildman–Crippen LogP) is 4.00. The van der Waals surface area contributed by atoms with Crippen LogP contribution >= 0.6 is 11.3 Å². The average molecular weight is 383 g/mol. The highest BCUT2D eigenvalue weighted by molar-refractivity contribution is 7.14. The van der Waals surface area contributed by atoms with Crippen LogP contribution in [0.2, 0.25) is 0 Å². The summed E-state index contributed by atoms with van der Waals surface area (Å²) in [5.41, 5.74) is 1.67. The summed E-state index contributed by atoms with van der Waals surface area (Å²) < 4.78 is 11.0. The van der Waals surface area contributed by atoms with E-state index in [2.05, 4.69) is 15.2 Å². The van der Waals surface area contributed by atoms with E-state index in [9.17, 15) is 4.79 Å². The van der Waals surface area contributed by atoms with Crippen molar-refractivity contribution in [2.45, 2.75) is 0 Å². The molecule has 27 heavy (non-hydrogen) atoms. The second kappa shape index (κ2) is 9.16. The Morgan fingerprint density at radius 3 is 2.93 bits per heavy atom. The zero-order chi connectivity index (χ0) is 19.1. The van der Waals surface area contributed by atoms with Crippen LogP contribution in [-0.2, 0) is 4.79 Å². The van der Waals surface area contributed by atoms with Gasteiger partial charge in [0.15, 0.2) is 5.13 Å². The van der Waals surface area contributed by atoms with Gasteiger partial charge in [-0.25, -0.2) is 4.98 Å². The molecule has 0 radical (unpaired) electrons. The standard InChI is InChI=1S/C20H21N3O3S/c1-23(2)11-13-26-18-8-4-3-7-16(18)17-14-27-20(21-17)22-19(24)10-9-15-6-5-12-25-15/h3-10,12,14H,11,13H2,1-2H3,(H,21,22,24)/b10-9+. The maximum Gasteiger partial charge on any atom is 0.250 e. The molecule has 1 amide bonds. The number of rotatable bonds is 8. The number of thiazole rings is 1. The molecule has 140 valence electrons. The van der Waals surface area contributed by atoms with E-state index in [0.717, 1.165) is 23.6 Å². The molecule has 0 fully saturated rings. The minimum Gasteiger partial charge on any atom is -0.492 e. The van der Waals surface area contributed by atoms with Crippen LogP contribution in [0.1, 0.15) is 5.76 Å². The molecule has 0 unspecified atom stereocenters. The largest absolute Gasteiger partial charge is 0.492 e. The summed E-state index contributed by atoms with van der Waals surface area (Å²) in [6.45, 7) is 1.42. The molecule has 0 saturated carbocycles. The highest BCUT2D eigenvalue weighted by Crippen LogP contribution is 2.32. The first kappa shape index (κ1) is 18.9. The van der Waals surface area contributed by atoms with Crippen molar-refractivity contribution >= 4 is 28.5 Å². The smallest absolute Gasteiger partial charge is 0.250 e. The van der Waals surface area contributed by atoms with E-state index in [0.29, 0.717) is 17.5 Å². The van der Waals surface area contributed by atoms with Gasteiger partial charge in [0.1, 0.15) is 18.1 Å². The molecule has 2 heterocycles. The zero-order valence-electron chi connectivity index (χ0n) is 15.2. The van der Waals surface area contributed by atoms with Gasteiger partial charge in [-0.1, -0.05) is 12.1 Å². The lowest BCUT2D eigenvalue weighted by atomic mass is 10.1. The molecule has 0 aliphatic heterocycles. The van der Waals surface area contributed by atoms with Gasteiger partial charge < -0.3 is 14.1 Å². The van der Waals surface area contributed by atoms with Gasteiger partial charge in [0.05, 0.1) is 12.0 Å². The fraction of sp³-hybridized carbons (Fsp3) is 0.200. The summed E-state index contributed by atoms with van der Waals surface area (Å²) in [4.78, 5) is 18.6. The van der Waals surface area contributed by atoms with E-state index >= 15 is 0 Å². The summed E-state index contributed by atoms with van der Waals surface area (Å²) in [6, 6.07) is 11.3. The number of aromatic nitrogens is 1. The average Bonchev–Trinajstić information content (AvgIpc) is 3.32. The third-order valence-corrected chi connectivity index (χ3v) is 4.39. The number of carbonyl (C=O) groups is 1. The number of anilines is 1. The number of ether oxygens (including phenoxy) is 1. The van der Waals surface area contributed by atoms with Gasteiger partial charge in [-0.05, 0) is 44.4 Å². The number of furan rings is 1. The SMILES string of the molecule is CN(C)CCOc1ccccc1-c1csc(NC(=O)/C=C/c2ccco2)n1. The van der Waals surface area contributed by atoms with Gasteiger partial charge in [-0.2, -0.15) is 0 Å². The van der Waals surface area contributed by atoms with Crippen LogP contribution in [0, 0.1) is 0 Å². The quantitative estimate of drug-likeness (QED) is 0.596. The highest BCUT2D eigenvalue weighted by Gasteiger charge is 2.11. The number of carbonyl (C=O) groups excluding carboxylic acids is 1. The summed E-state index contributed by atoms with van der Waals surface area (Å²) in [5.74, 6) is 1.14. The van der Waals surface area contributed by atoms with Crippen LogP contribution in [0.4, 0.5) is 5.13 Å². The highest BCUT2D eigenvalue weighted by atomic mass is 32.1. The zero-order valence-corrected chi connectivity index (χ0v) is 16.0. The number of hydrogen-bond acceptors (Lipinski definition) is 6. The van der Waals surface area contributed by atoms with Crippen LogP contribution in [0.5, 0.6) is 5.75 Å². The van der Waals surface area contributed by atoms with Crippen molar-refractivity contribution in [1.82, 2.24) is 9.88 Å². The van der Waals surface area contributed by atoms with Crippen molar-refractivity contribution in [3.05, 3.63) is 59.9 Å². The fourth-order valence-corrected chi connectivity index (χ4v) is 3.00. The van der Waals surface area contributed by atoms with Gasteiger partial charge in [-0.15, -0.1) is 11.3 Å². The van der Waals surface area contributed by atoms with Gasteiger partial charge in [0.2, 0.25) is 5.91 Å². The summed E-state index contributed by atoms with van der Waals surface area (Å²) in [5, 5.41) is 5.20. The minimum absolute atomic E-state index is 0.261. The Balaban J connectivity index is 1.66. The number of nitrogens with zero attached hydrogens (tertiary/aromatic N) is 2. The Morgan fingerprint density at radius 1 is 1.30 bits per heavy atom. The third kappa shape index (κ3) is 5.54. The van der Waals surface area contributed by atoms with Crippen LogP contribution in [0.15, 0.2) is 58.5 Å².